The topological polar surface area (TPSA) is 63.4 Å². The molecule has 19 heavy (non-hydrogen) atoms. The molecule has 1 aliphatic heterocycles. The van der Waals surface area contributed by atoms with E-state index in [0.717, 1.165) is 31.6 Å². The van der Waals surface area contributed by atoms with Gasteiger partial charge in [0.2, 0.25) is 0 Å². The highest BCUT2D eigenvalue weighted by Crippen LogP contribution is 2.29. The molecule has 0 amide bonds. The van der Waals surface area contributed by atoms with E-state index in [0.29, 0.717) is 17.4 Å². The predicted molar refractivity (Wildman–Crippen MR) is 78.2 cm³/mol. The van der Waals surface area contributed by atoms with E-state index in [-0.39, 0.29) is 0 Å². The van der Waals surface area contributed by atoms with Gasteiger partial charge in [0.05, 0.1) is 10.6 Å². The number of hydrogen-bond donors (Lipinski definition) is 1. The maximum absolute atomic E-state index is 11.9. The van der Waals surface area contributed by atoms with Crippen LogP contribution < -0.4 is 10.6 Å². The molecule has 1 saturated heterocycles. The van der Waals surface area contributed by atoms with Gasteiger partial charge in [-0.1, -0.05) is 12.1 Å². The smallest absolute Gasteiger partial charge is 0.177 e. The molecule has 0 radical (unpaired) electrons. The van der Waals surface area contributed by atoms with E-state index >= 15 is 0 Å². The quantitative estimate of drug-likeness (QED) is 0.912. The zero-order valence-electron chi connectivity index (χ0n) is 11.4. The van der Waals surface area contributed by atoms with Gasteiger partial charge in [-0.05, 0) is 43.9 Å². The summed E-state index contributed by atoms with van der Waals surface area (Å²) < 4.78 is 23.7. The molecule has 0 aliphatic carbocycles. The Hall–Kier alpha value is -1.07. The Morgan fingerprint density at radius 3 is 2.79 bits per heavy atom. The van der Waals surface area contributed by atoms with Crippen molar-refractivity contribution in [2.24, 2.45) is 11.7 Å². The first-order valence-electron chi connectivity index (χ1n) is 6.76. The normalized spacial score (nSPS) is 20.5. The van der Waals surface area contributed by atoms with Crippen molar-refractivity contribution in [3.05, 3.63) is 24.3 Å². The van der Waals surface area contributed by atoms with Gasteiger partial charge < -0.3 is 10.6 Å². The fourth-order valence-corrected chi connectivity index (χ4v) is 3.69. The first-order chi connectivity index (χ1) is 9.02. The highest BCUT2D eigenvalue weighted by atomic mass is 32.2. The largest absolute Gasteiger partial charge is 0.370 e. The molecule has 1 heterocycles. The Bertz CT molecular complexity index is 526. The molecule has 2 rings (SSSR count). The van der Waals surface area contributed by atoms with Crippen molar-refractivity contribution in [1.29, 1.82) is 0 Å². The Morgan fingerprint density at radius 2 is 2.11 bits per heavy atom. The fraction of sp³-hybridized carbons (Fsp3) is 0.571. The lowest BCUT2D eigenvalue weighted by molar-refractivity contribution is 0.395. The highest BCUT2D eigenvalue weighted by molar-refractivity contribution is 7.90. The average Bonchev–Trinajstić information content (AvgIpc) is 2.38. The van der Waals surface area contributed by atoms with Crippen LogP contribution in [0.25, 0.3) is 0 Å². The number of nitrogens with two attached hydrogens (primary N) is 1. The maximum Gasteiger partial charge on any atom is 0.177 e. The number of nitrogens with zero attached hydrogens (tertiary/aromatic N) is 1. The van der Waals surface area contributed by atoms with E-state index in [4.69, 9.17) is 5.73 Å². The van der Waals surface area contributed by atoms with E-state index in [2.05, 4.69) is 4.90 Å². The number of para-hydroxylation sites is 1. The molecular weight excluding hydrogens is 260 g/mol. The second kappa shape index (κ2) is 5.92. The summed E-state index contributed by atoms with van der Waals surface area (Å²) in [6.45, 7) is 2.53. The molecule has 2 N–H and O–H groups in total. The van der Waals surface area contributed by atoms with Crippen LogP contribution in [0.3, 0.4) is 0 Å². The van der Waals surface area contributed by atoms with Gasteiger partial charge in [0.15, 0.2) is 9.84 Å². The SMILES string of the molecule is CS(=O)(=O)c1ccccc1N1CCCC(CCN)C1. The van der Waals surface area contributed by atoms with Crippen molar-refractivity contribution in [2.45, 2.75) is 24.2 Å². The van der Waals surface area contributed by atoms with E-state index in [1.165, 1.54) is 12.7 Å². The Kier molecular flexibility index (Phi) is 4.47. The van der Waals surface area contributed by atoms with Gasteiger partial charge in [-0.3, -0.25) is 0 Å². The van der Waals surface area contributed by atoms with Gasteiger partial charge in [-0.25, -0.2) is 8.42 Å². The summed E-state index contributed by atoms with van der Waals surface area (Å²) in [6, 6.07) is 7.27. The summed E-state index contributed by atoms with van der Waals surface area (Å²) in [6.07, 6.45) is 4.57. The molecule has 1 atom stereocenters. The van der Waals surface area contributed by atoms with Crippen LogP contribution in [0.5, 0.6) is 0 Å². The summed E-state index contributed by atoms with van der Waals surface area (Å²) >= 11 is 0. The lowest BCUT2D eigenvalue weighted by Crippen LogP contribution is -2.36. The van der Waals surface area contributed by atoms with Crippen LogP contribution in [0.15, 0.2) is 29.2 Å². The summed E-state index contributed by atoms with van der Waals surface area (Å²) in [7, 11) is -3.18. The van der Waals surface area contributed by atoms with Crippen molar-refractivity contribution in [2.75, 3.05) is 30.8 Å². The molecule has 1 unspecified atom stereocenters. The molecule has 1 aromatic rings. The molecule has 1 fully saturated rings. The van der Waals surface area contributed by atoms with Gasteiger partial charge in [0, 0.05) is 19.3 Å². The van der Waals surface area contributed by atoms with Crippen LogP contribution in [0, 0.1) is 5.92 Å². The summed E-state index contributed by atoms with van der Waals surface area (Å²) in [5, 5.41) is 0. The number of hydrogen-bond acceptors (Lipinski definition) is 4. The molecule has 0 spiro atoms. The van der Waals surface area contributed by atoms with Crippen LogP contribution in [0.2, 0.25) is 0 Å². The lowest BCUT2D eigenvalue weighted by atomic mass is 9.94. The van der Waals surface area contributed by atoms with Gasteiger partial charge in [-0.15, -0.1) is 0 Å². The van der Waals surface area contributed by atoms with E-state index in [1.807, 2.05) is 12.1 Å². The van der Waals surface area contributed by atoms with E-state index in [1.54, 1.807) is 12.1 Å². The number of sulfone groups is 1. The maximum atomic E-state index is 11.9. The molecule has 1 aliphatic rings. The molecule has 1 aromatic carbocycles. The van der Waals surface area contributed by atoms with Gasteiger partial charge in [0.25, 0.3) is 0 Å². The summed E-state index contributed by atoms with van der Waals surface area (Å²) in [4.78, 5) is 2.63. The van der Waals surface area contributed by atoms with Crippen LogP contribution in [0.4, 0.5) is 5.69 Å². The van der Waals surface area contributed by atoms with Gasteiger partial charge >= 0.3 is 0 Å². The minimum atomic E-state index is -3.18. The standard InChI is InChI=1S/C14H22N2O2S/c1-19(17,18)14-7-3-2-6-13(14)16-10-4-5-12(11-16)8-9-15/h2-3,6-7,12H,4-5,8-11,15H2,1H3. The predicted octanol–water partition coefficient (Wildman–Crippen LogP) is 1.66. The molecule has 106 valence electrons. The molecule has 4 nitrogen and oxygen atoms in total. The molecule has 5 heteroatoms. The minimum absolute atomic E-state index is 0.434. The minimum Gasteiger partial charge on any atom is -0.370 e. The van der Waals surface area contributed by atoms with Crippen LogP contribution in [0.1, 0.15) is 19.3 Å². The van der Waals surface area contributed by atoms with Crippen molar-refractivity contribution >= 4 is 15.5 Å². The third kappa shape index (κ3) is 3.48. The Balaban J connectivity index is 2.27. The third-order valence-electron chi connectivity index (χ3n) is 3.70. The zero-order valence-corrected chi connectivity index (χ0v) is 12.2. The molecular formula is C14H22N2O2S. The number of anilines is 1. The highest BCUT2D eigenvalue weighted by Gasteiger charge is 2.23. The first kappa shape index (κ1) is 14.3. The van der Waals surface area contributed by atoms with Gasteiger partial charge in [0.1, 0.15) is 0 Å². The monoisotopic (exact) mass is 282 g/mol. The number of piperidine rings is 1. The second-order valence-electron chi connectivity index (χ2n) is 5.27. The Labute approximate surface area is 115 Å². The average molecular weight is 282 g/mol. The molecule has 0 saturated carbocycles. The Morgan fingerprint density at radius 1 is 1.37 bits per heavy atom. The lowest BCUT2D eigenvalue weighted by Gasteiger charge is -2.35. The van der Waals surface area contributed by atoms with E-state index in [9.17, 15) is 8.42 Å². The van der Waals surface area contributed by atoms with Crippen molar-refractivity contribution in [3.8, 4) is 0 Å². The second-order valence-corrected chi connectivity index (χ2v) is 7.26. The van der Waals surface area contributed by atoms with Crippen LogP contribution in [-0.2, 0) is 9.84 Å². The molecule has 0 aromatic heterocycles. The summed E-state index contributed by atoms with van der Waals surface area (Å²) in [5.41, 5.74) is 6.47. The number of benzene rings is 1. The van der Waals surface area contributed by atoms with Crippen LogP contribution >= 0.6 is 0 Å². The molecule has 0 bridgehead atoms. The third-order valence-corrected chi connectivity index (χ3v) is 4.84. The number of rotatable bonds is 4. The van der Waals surface area contributed by atoms with Crippen molar-refractivity contribution in [1.82, 2.24) is 0 Å². The fourth-order valence-electron chi connectivity index (χ4n) is 2.79. The summed E-state index contributed by atoms with van der Waals surface area (Å²) in [5.74, 6) is 0.575. The zero-order chi connectivity index (χ0) is 13.9. The van der Waals surface area contributed by atoms with Crippen LogP contribution in [-0.4, -0.2) is 34.3 Å². The first-order valence-corrected chi connectivity index (χ1v) is 8.65. The van der Waals surface area contributed by atoms with E-state index < -0.39 is 9.84 Å². The van der Waals surface area contributed by atoms with Crippen molar-refractivity contribution in [3.63, 3.8) is 0 Å². The van der Waals surface area contributed by atoms with Gasteiger partial charge in [-0.2, -0.15) is 0 Å². The van der Waals surface area contributed by atoms with Crippen molar-refractivity contribution < 1.29 is 8.42 Å².